The van der Waals surface area contributed by atoms with Gasteiger partial charge in [-0.1, -0.05) is 30.3 Å². The lowest BCUT2D eigenvalue weighted by molar-refractivity contribution is 0.0942. The molecule has 6 nitrogen and oxygen atoms in total. The van der Waals surface area contributed by atoms with Crippen LogP contribution in [0.4, 0.5) is 0 Å². The van der Waals surface area contributed by atoms with Crippen LogP contribution in [-0.4, -0.2) is 27.6 Å². The number of nitrogens with one attached hydrogen (secondary N) is 1. The normalized spacial score (nSPS) is 12.0. The van der Waals surface area contributed by atoms with Gasteiger partial charge in [-0.15, -0.1) is 0 Å². The lowest BCUT2D eigenvalue weighted by atomic mass is 10.0. The first-order valence-corrected chi connectivity index (χ1v) is 9.35. The number of rotatable bonds is 5. The largest absolute Gasteiger partial charge is 0.497 e. The summed E-state index contributed by atoms with van der Waals surface area (Å²) in [7, 11) is 3.54. The first-order valence-electron chi connectivity index (χ1n) is 9.35. The maximum Gasteiger partial charge on any atom is 0.252 e. The number of aryl methyl sites for hydroxylation is 2. The molecule has 0 saturated carbocycles. The van der Waals surface area contributed by atoms with Gasteiger partial charge in [0.2, 0.25) is 0 Å². The van der Waals surface area contributed by atoms with E-state index in [1.54, 1.807) is 13.3 Å². The first kappa shape index (κ1) is 18.7. The number of aromatic nitrogens is 3. The van der Waals surface area contributed by atoms with Crippen LogP contribution in [0, 0.1) is 6.92 Å². The minimum atomic E-state index is -0.402. The van der Waals surface area contributed by atoms with Crippen LogP contribution in [0.5, 0.6) is 5.75 Å². The fraction of sp³-hybridized carbons (Fsp3) is 0.174. The molecule has 29 heavy (non-hydrogen) atoms. The number of hydrogen-bond donors (Lipinski definition) is 1. The van der Waals surface area contributed by atoms with Crippen molar-refractivity contribution >= 4 is 16.8 Å². The Labute approximate surface area is 169 Å². The molecule has 0 radical (unpaired) electrons. The molecule has 1 unspecified atom stereocenters. The number of carbonyl (C=O) groups excluding carboxylic acids is 1. The van der Waals surface area contributed by atoms with Crippen LogP contribution in [-0.2, 0) is 7.05 Å². The summed E-state index contributed by atoms with van der Waals surface area (Å²) in [4.78, 5) is 22.3. The number of hydrogen-bond acceptors (Lipinski definition) is 4. The van der Waals surface area contributed by atoms with Gasteiger partial charge in [0.05, 0.1) is 18.2 Å². The molecule has 1 N–H and O–H groups in total. The zero-order chi connectivity index (χ0) is 20.4. The van der Waals surface area contributed by atoms with Crippen molar-refractivity contribution in [1.82, 2.24) is 19.9 Å². The number of methoxy groups -OCH3 is 1. The Morgan fingerprint density at radius 2 is 1.90 bits per heavy atom. The van der Waals surface area contributed by atoms with Crippen LogP contribution in [0.15, 0.2) is 67.0 Å². The van der Waals surface area contributed by atoms with Crippen molar-refractivity contribution in [3.63, 3.8) is 0 Å². The van der Waals surface area contributed by atoms with Crippen molar-refractivity contribution < 1.29 is 9.53 Å². The SMILES string of the molecule is COc1ccc(C(NC(=O)c2cc(C)nc3ccccc23)c2nccn2C)cc1. The van der Waals surface area contributed by atoms with Crippen LogP contribution in [0.2, 0.25) is 0 Å². The Bertz CT molecular complexity index is 1170. The third kappa shape index (κ3) is 3.69. The average Bonchev–Trinajstić information content (AvgIpc) is 3.17. The van der Waals surface area contributed by atoms with E-state index in [1.807, 2.05) is 79.3 Å². The van der Waals surface area contributed by atoms with Gasteiger partial charge in [0.1, 0.15) is 17.6 Å². The van der Waals surface area contributed by atoms with Gasteiger partial charge in [-0.25, -0.2) is 4.98 Å². The highest BCUT2D eigenvalue weighted by Crippen LogP contribution is 2.25. The van der Waals surface area contributed by atoms with E-state index in [4.69, 9.17) is 4.74 Å². The number of pyridine rings is 1. The van der Waals surface area contributed by atoms with Crippen LogP contribution in [0.1, 0.15) is 33.5 Å². The molecular formula is C23H22N4O2. The molecular weight excluding hydrogens is 364 g/mol. The number of para-hydroxylation sites is 1. The van der Waals surface area contributed by atoms with E-state index in [0.29, 0.717) is 5.56 Å². The monoisotopic (exact) mass is 386 g/mol. The maximum atomic E-state index is 13.3. The molecule has 1 amide bonds. The van der Waals surface area contributed by atoms with Gasteiger partial charge in [-0.05, 0) is 36.8 Å². The van der Waals surface area contributed by atoms with Crippen molar-refractivity contribution in [2.75, 3.05) is 7.11 Å². The summed E-state index contributed by atoms with van der Waals surface area (Å²) in [5.74, 6) is 1.34. The molecule has 0 aliphatic heterocycles. The lowest BCUT2D eigenvalue weighted by Gasteiger charge is -2.20. The number of nitrogens with zero attached hydrogens (tertiary/aromatic N) is 3. The van der Waals surface area contributed by atoms with Crippen LogP contribution in [0.25, 0.3) is 10.9 Å². The van der Waals surface area contributed by atoms with Crippen molar-refractivity contribution in [3.05, 3.63) is 89.6 Å². The zero-order valence-corrected chi connectivity index (χ0v) is 16.6. The molecule has 0 aliphatic rings. The zero-order valence-electron chi connectivity index (χ0n) is 16.6. The van der Waals surface area contributed by atoms with Crippen molar-refractivity contribution in [2.45, 2.75) is 13.0 Å². The number of fused-ring (bicyclic) bond motifs is 1. The van der Waals surface area contributed by atoms with Crippen LogP contribution in [0.3, 0.4) is 0 Å². The summed E-state index contributed by atoms with van der Waals surface area (Å²) in [6, 6.07) is 16.7. The van der Waals surface area contributed by atoms with E-state index in [9.17, 15) is 4.79 Å². The summed E-state index contributed by atoms with van der Waals surface area (Å²) in [6.45, 7) is 1.89. The molecule has 0 spiro atoms. The lowest BCUT2D eigenvalue weighted by Crippen LogP contribution is -2.31. The Balaban J connectivity index is 1.75. The Morgan fingerprint density at radius 3 is 2.59 bits per heavy atom. The van der Waals surface area contributed by atoms with Gasteiger partial charge >= 0.3 is 0 Å². The summed E-state index contributed by atoms with van der Waals surface area (Å²) >= 11 is 0. The molecule has 146 valence electrons. The predicted octanol–water partition coefficient (Wildman–Crippen LogP) is 3.80. The molecule has 0 fully saturated rings. The van der Waals surface area contributed by atoms with E-state index in [-0.39, 0.29) is 5.91 Å². The summed E-state index contributed by atoms with van der Waals surface area (Å²) < 4.78 is 7.17. The first-order chi connectivity index (χ1) is 14.1. The molecule has 2 heterocycles. The minimum absolute atomic E-state index is 0.171. The molecule has 0 aliphatic carbocycles. The summed E-state index contributed by atoms with van der Waals surface area (Å²) in [6.07, 6.45) is 3.59. The van der Waals surface area contributed by atoms with E-state index in [1.165, 1.54) is 0 Å². The second kappa shape index (κ2) is 7.75. The highest BCUT2D eigenvalue weighted by Gasteiger charge is 2.23. The van der Waals surface area contributed by atoms with Crippen molar-refractivity contribution in [3.8, 4) is 5.75 Å². The summed E-state index contributed by atoms with van der Waals surface area (Å²) in [5.41, 5.74) is 3.12. The number of imidazole rings is 1. The standard InChI is InChI=1S/C23H22N4O2/c1-15-14-19(18-6-4-5-7-20(18)25-15)23(28)26-21(22-24-12-13-27(22)2)16-8-10-17(29-3)11-9-16/h4-14,21H,1-3H3,(H,26,28). The molecule has 4 aromatic rings. The van der Waals surface area contributed by atoms with Gasteiger partial charge in [-0.3, -0.25) is 9.78 Å². The number of carbonyl (C=O) groups is 1. The third-order valence-corrected chi connectivity index (χ3v) is 4.93. The van der Waals surface area contributed by atoms with E-state index >= 15 is 0 Å². The van der Waals surface area contributed by atoms with Gasteiger partial charge in [0, 0.05) is 30.5 Å². The van der Waals surface area contributed by atoms with Gasteiger partial charge < -0.3 is 14.6 Å². The predicted molar refractivity (Wildman–Crippen MR) is 112 cm³/mol. The fourth-order valence-corrected chi connectivity index (χ4v) is 3.45. The minimum Gasteiger partial charge on any atom is -0.497 e. The maximum absolute atomic E-state index is 13.3. The number of amides is 1. The topological polar surface area (TPSA) is 69.0 Å². The number of ether oxygens (including phenoxy) is 1. The van der Waals surface area contributed by atoms with Crippen LogP contribution >= 0.6 is 0 Å². The van der Waals surface area contributed by atoms with Crippen molar-refractivity contribution in [1.29, 1.82) is 0 Å². The molecule has 4 rings (SSSR count). The highest BCUT2D eigenvalue weighted by atomic mass is 16.5. The molecule has 2 aromatic carbocycles. The van der Waals surface area contributed by atoms with E-state index in [0.717, 1.165) is 33.7 Å². The molecule has 1 atom stereocenters. The Kier molecular flexibility index (Phi) is 4.99. The van der Waals surface area contributed by atoms with Crippen molar-refractivity contribution in [2.24, 2.45) is 7.05 Å². The molecule has 6 heteroatoms. The van der Waals surface area contributed by atoms with E-state index < -0.39 is 6.04 Å². The highest BCUT2D eigenvalue weighted by molar-refractivity contribution is 6.06. The second-order valence-electron chi connectivity index (χ2n) is 6.90. The van der Waals surface area contributed by atoms with Crippen LogP contribution < -0.4 is 10.1 Å². The molecule has 0 bridgehead atoms. The Hall–Kier alpha value is -3.67. The van der Waals surface area contributed by atoms with Gasteiger partial charge in [-0.2, -0.15) is 0 Å². The Morgan fingerprint density at radius 1 is 1.14 bits per heavy atom. The third-order valence-electron chi connectivity index (χ3n) is 4.93. The van der Waals surface area contributed by atoms with Gasteiger partial charge in [0.15, 0.2) is 0 Å². The van der Waals surface area contributed by atoms with E-state index in [2.05, 4.69) is 15.3 Å². The second-order valence-corrected chi connectivity index (χ2v) is 6.90. The van der Waals surface area contributed by atoms with Gasteiger partial charge in [0.25, 0.3) is 5.91 Å². The molecule has 2 aromatic heterocycles. The average molecular weight is 386 g/mol. The number of benzene rings is 2. The molecule has 0 saturated heterocycles. The quantitative estimate of drug-likeness (QED) is 0.566. The fourth-order valence-electron chi connectivity index (χ4n) is 3.45. The summed E-state index contributed by atoms with van der Waals surface area (Å²) in [5, 5.41) is 3.98. The smallest absolute Gasteiger partial charge is 0.252 e.